The number of hydrogen-bond donors (Lipinski definition) is 1. The summed E-state index contributed by atoms with van der Waals surface area (Å²) in [5.41, 5.74) is 3.81. The highest BCUT2D eigenvalue weighted by atomic mass is 19.1. The smallest absolute Gasteiger partial charge is 0.335 e. The van der Waals surface area contributed by atoms with Crippen LogP contribution in [0.4, 0.5) is 4.39 Å². The molecule has 1 aromatic heterocycles. The predicted molar refractivity (Wildman–Crippen MR) is 165 cm³/mol. The van der Waals surface area contributed by atoms with E-state index in [-0.39, 0.29) is 29.7 Å². The number of nitrogens with zero attached hydrogens (tertiary/aromatic N) is 4. The second-order valence-corrected chi connectivity index (χ2v) is 12.5. The van der Waals surface area contributed by atoms with Crippen molar-refractivity contribution in [2.24, 2.45) is 5.41 Å². The second-order valence-electron chi connectivity index (χ2n) is 12.5. The third-order valence-corrected chi connectivity index (χ3v) is 9.57. The highest BCUT2D eigenvalue weighted by molar-refractivity contribution is 5.92. The van der Waals surface area contributed by atoms with E-state index in [1.165, 1.54) is 0 Å². The fourth-order valence-corrected chi connectivity index (χ4v) is 6.69. The number of carbonyl (C=O) groups is 1. The van der Waals surface area contributed by atoms with Crippen LogP contribution in [-0.4, -0.2) is 59.0 Å². The van der Waals surface area contributed by atoms with Gasteiger partial charge in [-0.2, -0.15) is 5.26 Å². The van der Waals surface area contributed by atoms with E-state index in [4.69, 9.17) is 19.2 Å². The van der Waals surface area contributed by atoms with Crippen LogP contribution in [0, 0.1) is 16.7 Å². The number of likely N-dealkylation sites (tertiary alicyclic amines) is 1. The number of rotatable bonds is 9. The molecule has 45 heavy (non-hydrogen) atoms. The lowest BCUT2D eigenvalue weighted by Gasteiger charge is -2.35. The molecule has 7 rings (SSSR count). The van der Waals surface area contributed by atoms with Crippen molar-refractivity contribution in [2.75, 3.05) is 33.5 Å². The van der Waals surface area contributed by atoms with Crippen LogP contribution in [0.1, 0.15) is 70.6 Å². The fourth-order valence-electron chi connectivity index (χ4n) is 6.69. The number of carboxylic acids is 1. The lowest BCUT2D eigenvalue weighted by molar-refractivity contribution is 0.0697. The molecule has 3 aliphatic rings. The molecule has 3 aromatic carbocycles. The summed E-state index contributed by atoms with van der Waals surface area (Å²) in [5.74, 6) is 2.23. The maximum absolute atomic E-state index is 14.0. The highest BCUT2D eigenvalue weighted by Crippen LogP contribution is 2.49. The Morgan fingerprint density at radius 2 is 1.98 bits per heavy atom. The van der Waals surface area contributed by atoms with Gasteiger partial charge in [-0.1, -0.05) is 18.2 Å². The molecule has 1 N–H and O–H groups in total. The summed E-state index contributed by atoms with van der Waals surface area (Å²) in [5, 5.41) is 18.9. The van der Waals surface area contributed by atoms with Crippen molar-refractivity contribution < 1.29 is 28.5 Å². The van der Waals surface area contributed by atoms with Crippen molar-refractivity contribution >= 4 is 17.0 Å². The molecule has 2 aliphatic heterocycles. The van der Waals surface area contributed by atoms with Crippen molar-refractivity contribution in [3.05, 3.63) is 82.7 Å². The molecule has 2 fully saturated rings. The van der Waals surface area contributed by atoms with Gasteiger partial charge in [0, 0.05) is 23.1 Å². The van der Waals surface area contributed by atoms with Gasteiger partial charge in [0.2, 0.25) is 0 Å². The van der Waals surface area contributed by atoms with Gasteiger partial charge in [-0.15, -0.1) is 0 Å². The number of nitriles is 1. The number of carboxylic acid groups (broad SMARTS) is 1. The van der Waals surface area contributed by atoms with E-state index in [1.54, 1.807) is 37.4 Å². The van der Waals surface area contributed by atoms with E-state index in [0.717, 1.165) is 78.3 Å². The number of aromatic carboxylic acids is 1. The average molecular weight is 611 g/mol. The molecule has 0 radical (unpaired) electrons. The first-order chi connectivity index (χ1) is 21.9. The van der Waals surface area contributed by atoms with E-state index in [0.29, 0.717) is 31.0 Å². The number of ether oxygens (including phenoxy) is 3. The van der Waals surface area contributed by atoms with Crippen LogP contribution in [0.3, 0.4) is 0 Å². The van der Waals surface area contributed by atoms with Crippen molar-refractivity contribution in [1.29, 1.82) is 5.26 Å². The third-order valence-electron chi connectivity index (χ3n) is 9.57. The molecule has 232 valence electrons. The van der Waals surface area contributed by atoms with Crippen LogP contribution in [0.15, 0.2) is 54.6 Å². The minimum absolute atomic E-state index is 0.207. The number of fused-ring (bicyclic) bond motifs is 2. The van der Waals surface area contributed by atoms with Gasteiger partial charge < -0.3 is 23.9 Å². The zero-order valence-corrected chi connectivity index (χ0v) is 25.2. The van der Waals surface area contributed by atoms with E-state index >= 15 is 0 Å². The molecular weight excluding hydrogens is 575 g/mol. The van der Waals surface area contributed by atoms with Gasteiger partial charge in [-0.3, -0.25) is 9.29 Å². The van der Waals surface area contributed by atoms with Crippen LogP contribution in [0.2, 0.25) is 0 Å². The quantitative estimate of drug-likeness (QED) is 0.237. The summed E-state index contributed by atoms with van der Waals surface area (Å²) >= 11 is 0. The first kappa shape index (κ1) is 29.1. The van der Waals surface area contributed by atoms with E-state index < -0.39 is 5.97 Å². The monoisotopic (exact) mass is 610 g/mol. The molecule has 9 nitrogen and oxygen atoms in total. The van der Waals surface area contributed by atoms with Gasteiger partial charge in [0.25, 0.3) is 0 Å². The van der Waals surface area contributed by atoms with Crippen LogP contribution < -0.4 is 14.2 Å². The maximum Gasteiger partial charge on any atom is 0.335 e. The lowest BCUT2D eigenvalue weighted by Crippen LogP contribution is -2.34. The zero-order valence-electron chi connectivity index (χ0n) is 25.2. The van der Waals surface area contributed by atoms with Crippen LogP contribution in [-0.2, 0) is 13.1 Å². The van der Waals surface area contributed by atoms with Gasteiger partial charge in [0.15, 0.2) is 17.6 Å². The molecule has 10 heteroatoms. The molecule has 1 saturated carbocycles. The SMILES string of the molecule is COc1cc(C#N)ccc1[C@H]1COc2cccc(C3CCN(Cc4nc5ccc(C(=O)O)cc5n4CC4(CF)CC4)CC3)c2O1. The number of halogens is 1. The highest BCUT2D eigenvalue weighted by Gasteiger charge is 2.44. The standard InChI is InChI=1S/C35H35FN4O5/c1-43-30-15-22(17-37)5-7-26(30)31-19-44-29-4-2-3-25(33(29)45-31)23-9-13-39(14-10-23)18-32-38-27-8-6-24(34(41)42)16-28(27)40(32)21-35(20-36)11-12-35/h2-8,15-16,23,31H,9-14,18-21H2,1H3,(H,41,42)/t31-/m1/s1. The van der Waals surface area contributed by atoms with Crippen LogP contribution in [0.5, 0.6) is 17.2 Å². The Morgan fingerprint density at radius 1 is 1.16 bits per heavy atom. The topological polar surface area (TPSA) is 110 Å². The van der Waals surface area contributed by atoms with E-state index in [1.807, 2.05) is 18.2 Å². The number of para-hydroxylation sites is 1. The average Bonchev–Trinajstić information content (AvgIpc) is 3.78. The summed E-state index contributed by atoms with van der Waals surface area (Å²) in [7, 11) is 1.59. The third kappa shape index (κ3) is 5.57. The Bertz CT molecular complexity index is 1800. The molecule has 0 bridgehead atoms. The number of aromatic nitrogens is 2. The first-order valence-electron chi connectivity index (χ1n) is 15.4. The minimum Gasteiger partial charge on any atom is -0.496 e. The van der Waals surface area contributed by atoms with Crippen molar-refractivity contribution in [3.63, 3.8) is 0 Å². The number of piperidine rings is 1. The molecule has 0 unspecified atom stereocenters. The summed E-state index contributed by atoms with van der Waals surface area (Å²) in [4.78, 5) is 18.9. The Labute approximate surface area is 260 Å². The number of methoxy groups -OCH3 is 1. The van der Waals surface area contributed by atoms with Gasteiger partial charge in [0.05, 0.1) is 48.6 Å². The first-order valence-corrected chi connectivity index (χ1v) is 15.4. The zero-order chi connectivity index (χ0) is 31.1. The van der Waals surface area contributed by atoms with E-state index in [9.17, 15) is 19.6 Å². The Morgan fingerprint density at radius 3 is 2.69 bits per heavy atom. The molecule has 0 amide bonds. The molecule has 1 saturated heterocycles. The van der Waals surface area contributed by atoms with Crippen LogP contribution in [0.25, 0.3) is 11.0 Å². The van der Waals surface area contributed by atoms with Gasteiger partial charge in [0.1, 0.15) is 18.2 Å². The van der Waals surface area contributed by atoms with Crippen molar-refractivity contribution in [1.82, 2.24) is 14.5 Å². The van der Waals surface area contributed by atoms with Crippen LogP contribution >= 0.6 is 0 Å². The minimum atomic E-state index is -0.986. The Kier molecular flexibility index (Phi) is 7.58. The normalized spacial score (nSPS) is 19.3. The maximum atomic E-state index is 14.0. The van der Waals surface area contributed by atoms with Crippen molar-refractivity contribution in [2.45, 2.75) is 50.8 Å². The molecule has 3 heterocycles. The molecule has 1 aliphatic carbocycles. The number of alkyl halides is 1. The largest absolute Gasteiger partial charge is 0.496 e. The number of imidazole rings is 1. The Hall–Kier alpha value is -4.62. The lowest BCUT2D eigenvalue weighted by atomic mass is 9.88. The predicted octanol–water partition coefficient (Wildman–Crippen LogP) is 6.26. The summed E-state index contributed by atoms with van der Waals surface area (Å²) < 4.78 is 34.3. The second kappa shape index (κ2) is 11.7. The van der Waals surface area contributed by atoms with Gasteiger partial charge >= 0.3 is 5.97 Å². The van der Waals surface area contributed by atoms with E-state index in [2.05, 4.69) is 21.6 Å². The number of hydrogen-bond acceptors (Lipinski definition) is 7. The molecule has 4 aromatic rings. The fraction of sp³-hybridized carbons (Fsp3) is 0.400. The van der Waals surface area contributed by atoms with Crippen molar-refractivity contribution in [3.8, 4) is 23.3 Å². The van der Waals surface area contributed by atoms with Gasteiger partial charge in [-0.05, 0) is 81.1 Å². The summed E-state index contributed by atoms with van der Waals surface area (Å²) in [6.07, 6.45) is 3.14. The Balaban J connectivity index is 1.08. The number of benzene rings is 3. The molecular formula is C35H35FN4O5. The molecule has 1 atom stereocenters. The molecule has 0 spiro atoms. The van der Waals surface area contributed by atoms with Gasteiger partial charge in [-0.25, -0.2) is 9.78 Å². The summed E-state index contributed by atoms with van der Waals surface area (Å²) in [6.45, 7) is 2.77. The summed E-state index contributed by atoms with van der Waals surface area (Å²) in [6, 6.07) is 18.6.